The number of aryl methyl sites for hydroxylation is 3. The summed E-state index contributed by atoms with van der Waals surface area (Å²) in [5.74, 6) is 1.88. The van der Waals surface area contributed by atoms with Gasteiger partial charge < -0.3 is 15.2 Å². The van der Waals surface area contributed by atoms with Crippen molar-refractivity contribution in [3.8, 4) is 17.4 Å². The Morgan fingerprint density at radius 1 is 1.20 bits per heavy atom. The topological polar surface area (TPSA) is 62.3 Å². The number of ether oxygens (including phenoxy) is 2. The van der Waals surface area contributed by atoms with Crippen LogP contribution in [0.5, 0.6) is 17.4 Å². The average molecular weight is 275 g/mol. The van der Waals surface area contributed by atoms with Crippen LogP contribution in [0.15, 0.2) is 18.2 Å². The number of nitrogen functional groups attached to an aromatic ring is 1. The predicted molar refractivity (Wildman–Crippen MR) is 79.4 cm³/mol. The van der Waals surface area contributed by atoms with Gasteiger partial charge in [-0.05, 0) is 30.5 Å². The fourth-order valence-electron chi connectivity index (χ4n) is 2.08. The van der Waals surface area contributed by atoms with Crippen LogP contribution in [0.4, 0.5) is 5.69 Å². The number of nitrogens with two attached hydrogens (primary N) is 1. The molecule has 0 saturated heterocycles. The Labute approximate surface area is 119 Å². The van der Waals surface area contributed by atoms with Gasteiger partial charge in [-0.1, -0.05) is 19.9 Å². The van der Waals surface area contributed by atoms with Crippen LogP contribution in [0, 0.1) is 0 Å². The maximum Gasteiger partial charge on any atom is 0.241 e. The van der Waals surface area contributed by atoms with Crippen LogP contribution in [0.2, 0.25) is 0 Å². The Hall–Kier alpha value is -2.17. The van der Waals surface area contributed by atoms with E-state index in [4.69, 9.17) is 15.2 Å². The van der Waals surface area contributed by atoms with Crippen LogP contribution >= 0.6 is 0 Å². The van der Waals surface area contributed by atoms with Crippen molar-refractivity contribution in [2.45, 2.75) is 26.7 Å². The van der Waals surface area contributed by atoms with E-state index >= 15 is 0 Å². The molecule has 0 atom stereocenters. The number of nitrogens with zero attached hydrogens (tertiary/aromatic N) is 2. The van der Waals surface area contributed by atoms with Crippen molar-refractivity contribution in [2.24, 2.45) is 7.05 Å². The van der Waals surface area contributed by atoms with Gasteiger partial charge in [0, 0.05) is 7.05 Å². The average Bonchev–Trinajstić information content (AvgIpc) is 2.74. The van der Waals surface area contributed by atoms with Gasteiger partial charge in [0.1, 0.15) is 5.69 Å². The molecule has 1 aromatic heterocycles. The first-order valence-corrected chi connectivity index (χ1v) is 6.76. The molecule has 2 rings (SSSR count). The van der Waals surface area contributed by atoms with Crippen molar-refractivity contribution in [1.29, 1.82) is 0 Å². The van der Waals surface area contributed by atoms with Gasteiger partial charge in [0.05, 0.1) is 12.8 Å². The normalized spacial score (nSPS) is 10.6. The van der Waals surface area contributed by atoms with Crippen LogP contribution < -0.4 is 15.2 Å². The smallest absolute Gasteiger partial charge is 0.241 e. The van der Waals surface area contributed by atoms with Crippen molar-refractivity contribution in [3.63, 3.8) is 0 Å². The first-order chi connectivity index (χ1) is 9.60. The SMILES string of the molecule is CCc1ccc(Oc2c(N)c(CC)nn2C)c(OC)c1. The van der Waals surface area contributed by atoms with Gasteiger partial charge in [0.2, 0.25) is 5.88 Å². The number of hydrogen-bond donors (Lipinski definition) is 1. The monoisotopic (exact) mass is 275 g/mol. The Morgan fingerprint density at radius 2 is 1.95 bits per heavy atom. The Morgan fingerprint density at radius 3 is 2.50 bits per heavy atom. The van der Waals surface area contributed by atoms with E-state index in [0.717, 1.165) is 18.5 Å². The number of aromatic nitrogens is 2. The van der Waals surface area contributed by atoms with Gasteiger partial charge >= 0.3 is 0 Å². The van der Waals surface area contributed by atoms with Crippen LogP contribution in [0.1, 0.15) is 25.1 Å². The number of rotatable bonds is 5. The molecule has 108 valence electrons. The summed E-state index contributed by atoms with van der Waals surface area (Å²) in [7, 11) is 3.45. The van der Waals surface area contributed by atoms with Crippen LogP contribution in [-0.4, -0.2) is 16.9 Å². The third kappa shape index (κ3) is 2.57. The minimum absolute atomic E-state index is 0.546. The molecule has 5 nitrogen and oxygen atoms in total. The van der Waals surface area contributed by atoms with Gasteiger partial charge in [0.15, 0.2) is 11.5 Å². The maximum absolute atomic E-state index is 6.06. The molecule has 0 aliphatic heterocycles. The Balaban J connectivity index is 2.37. The van der Waals surface area contributed by atoms with Crippen LogP contribution in [0.3, 0.4) is 0 Å². The Kier molecular flexibility index (Phi) is 4.17. The van der Waals surface area contributed by atoms with Crippen molar-refractivity contribution in [1.82, 2.24) is 9.78 Å². The van der Waals surface area contributed by atoms with Gasteiger partial charge in [0.25, 0.3) is 0 Å². The van der Waals surface area contributed by atoms with Gasteiger partial charge in [-0.25, -0.2) is 4.68 Å². The molecule has 2 aromatic rings. The zero-order valence-corrected chi connectivity index (χ0v) is 12.4. The van der Waals surface area contributed by atoms with E-state index in [-0.39, 0.29) is 0 Å². The van der Waals surface area contributed by atoms with Crippen molar-refractivity contribution >= 4 is 5.69 Å². The van der Waals surface area contributed by atoms with E-state index in [1.165, 1.54) is 5.56 Å². The van der Waals surface area contributed by atoms with Gasteiger partial charge in [-0.15, -0.1) is 0 Å². The van der Waals surface area contributed by atoms with Crippen molar-refractivity contribution < 1.29 is 9.47 Å². The maximum atomic E-state index is 6.06. The highest BCUT2D eigenvalue weighted by atomic mass is 16.5. The van der Waals surface area contributed by atoms with Crippen LogP contribution in [0.25, 0.3) is 0 Å². The highest BCUT2D eigenvalue weighted by Crippen LogP contribution is 2.35. The first kappa shape index (κ1) is 14.2. The summed E-state index contributed by atoms with van der Waals surface area (Å²) in [6, 6.07) is 5.89. The standard InChI is InChI=1S/C15H21N3O2/c1-5-10-7-8-12(13(9-10)19-4)20-15-14(16)11(6-2)17-18(15)3/h7-9H,5-6,16H2,1-4H3. The second-order valence-electron chi connectivity index (χ2n) is 4.58. The molecule has 5 heteroatoms. The lowest BCUT2D eigenvalue weighted by atomic mass is 10.1. The van der Waals surface area contributed by atoms with Gasteiger partial charge in [-0.2, -0.15) is 5.10 Å². The zero-order valence-electron chi connectivity index (χ0n) is 12.4. The summed E-state index contributed by atoms with van der Waals surface area (Å²) in [6.45, 7) is 4.11. The summed E-state index contributed by atoms with van der Waals surface area (Å²) < 4.78 is 12.9. The molecular weight excluding hydrogens is 254 g/mol. The summed E-state index contributed by atoms with van der Waals surface area (Å²) in [4.78, 5) is 0. The second-order valence-corrected chi connectivity index (χ2v) is 4.58. The highest BCUT2D eigenvalue weighted by Gasteiger charge is 2.16. The minimum atomic E-state index is 0.546. The third-order valence-corrected chi connectivity index (χ3v) is 3.28. The summed E-state index contributed by atoms with van der Waals surface area (Å²) in [5, 5.41) is 4.34. The molecule has 0 aliphatic rings. The van der Waals surface area contributed by atoms with Crippen molar-refractivity contribution in [2.75, 3.05) is 12.8 Å². The minimum Gasteiger partial charge on any atom is -0.493 e. The largest absolute Gasteiger partial charge is 0.493 e. The second kappa shape index (κ2) is 5.86. The molecule has 0 saturated carbocycles. The predicted octanol–water partition coefficient (Wildman–Crippen LogP) is 2.93. The molecule has 0 amide bonds. The molecule has 0 aliphatic carbocycles. The van der Waals surface area contributed by atoms with E-state index < -0.39 is 0 Å². The number of methoxy groups -OCH3 is 1. The van der Waals surface area contributed by atoms with Crippen LogP contribution in [-0.2, 0) is 19.9 Å². The molecule has 0 radical (unpaired) electrons. The zero-order chi connectivity index (χ0) is 14.7. The Bertz CT molecular complexity index is 605. The number of hydrogen-bond acceptors (Lipinski definition) is 4. The third-order valence-electron chi connectivity index (χ3n) is 3.28. The summed E-state index contributed by atoms with van der Waals surface area (Å²) >= 11 is 0. The highest BCUT2D eigenvalue weighted by molar-refractivity contribution is 5.56. The molecule has 0 spiro atoms. The van der Waals surface area contributed by atoms with E-state index in [1.54, 1.807) is 11.8 Å². The van der Waals surface area contributed by atoms with Crippen molar-refractivity contribution in [3.05, 3.63) is 29.5 Å². The lowest BCUT2D eigenvalue weighted by molar-refractivity contribution is 0.366. The molecule has 0 bridgehead atoms. The molecule has 2 N–H and O–H groups in total. The first-order valence-electron chi connectivity index (χ1n) is 6.76. The fraction of sp³-hybridized carbons (Fsp3) is 0.400. The van der Waals surface area contributed by atoms with E-state index in [2.05, 4.69) is 12.0 Å². The molecule has 1 heterocycles. The van der Waals surface area contributed by atoms with E-state index in [9.17, 15) is 0 Å². The lowest BCUT2D eigenvalue weighted by Gasteiger charge is -2.12. The fourth-order valence-corrected chi connectivity index (χ4v) is 2.08. The summed E-state index contributed by atoms with van der Waals surface area (Å²) in [5.41, 5.74) is 8.68. The molecule has 0 fully saturated rings. The molecular formula is C15H21N3O2. The molecule has 20 heavy (non-hydrogen) atoms. The van der Waals surface area contributed by atoms with E-state index in [1.807, 2.05) is 32.2 Å². The number of benzene rings is 1. The number of anilines is 1. The molecule has 0 unspecified atom stereocenters. The van der Waals surface area contributed by atoms with E-state index in [0.29, 0.717) is 23.1 Å². The van der Waals surface area contributed by atoms with Gasteiger partial charge in [-0.3, -0.25) is 0 Å². The summed E-state index contributed by atoms with van der Waals surface area (Å²) in [6.07, 6.45) is 1.72. The molecule has 1 aromatic carbocycles. The lowest BCUT2D eigenvalue weighted by Crippen LogP contribution is -1.99. The quantitative estimate of drug-likeness (QED) is 0.911.